The molecule has 2 aromatic carbocycles. The summed E-state index contributed by atoms with van der Waals surface area (Å²) in [6, 6.07) is 10.5. The van der Waals surface area contributed by atoms with Gasteiger partial charge in [0.15, 0.2) is 0 Å². The van der Waals surface area contributed by atoms with Gasteiger partial charge >= 0.3 is 0 Å². The molecular weight excluding hydrogens is 298 g/mol. The monoisotopic (exact) mass is 313 g/mol. The average molecular weight is 313 g/mol. The van der Waals surface area contributed by atoms with E-state index >= 15 is 0 Å². The quantitative estimate of drug-likeness (QED) is 0.514. The van der Waals surface area contributed by atoms with E-state index in [2.05, 4.69) is 10.5 Å². The Balaban J connectivity index is 2.12. The first kappa shape index (κ1) is 16.2. The third-order valence-corrected chi connectivity index (χ3v) is 3.27. The molecule has 0 radical (unpaired) electrons. The van der Waals surface area contributed by atoms with E-state index in [1.165, 1.54) is 30.3 Å². The highest BCUT2D eigenvalue weighted by Gasteiger charge is 2.13. The molecule has 0 heterocycles. The van der Waals surface area contributed by atoms with Crippen LogP contribution in [0.15, 0.2) is 47.6 Å². The van der Waals surface area contributed by atoms with Crippen LogP contribution in [0.3, 0.4) is 0 Å². The standard InChI is InChI=1S/C16H15N3O4/c1-10-9-13(5-8-15(10)19(22)23)16(21)18-17-11(2)12-3-6-14(20)7-4-12/h3-9,20H,1-2H3,(H,18,21). The smallest absolute Gasteiger partial charge is 0.272 e. The Labute approximate surface area is 132 Å². The van der Waals surface area contributed by atoms with Crippen LogP contribution >= 0.6 is 0 Å². The number of nitro groups is 1. The topological polar surface area (TPSA) is 105 Å². The zero-order chi connectivity index (χ0) is 17.0. The van der Waals surface area contributed by atoms with Crippen LogP contribution in [0.25, 0.3) is 0 Å². The van der Waals surface area contributed by atoms with Gasteiger partial charge in [0, 0.05) is 17.2 Å². The maximum atomic E-state index is 12.0. The fourth-order valence-electron chi connectivity index (χ4n) is 1.97. The van der Waals surface area contributed by atoms with Crippen LogP contribution < -0.4 is 5.43 Å². The number of aromatic hydroxyl groups is 1. The molecule has 0 aliphatic carbocycles. The van der Waals surface area contributed by atoms with Gasteiger partial charge in [-0.15, -0.1) is 0 Å². The normalized spacial score (nSPS) is 11.1. The van der Waals surface area contributed by atoms with Gasteiger partial charge in [0.1, 0.15) is 5.75 Å². The Kier molecular flexibility index (Phi) is 4.70. The van der Waals surface area contributed by atoms with Crippen LogP contribution in [0.2, 0.25) is 0 Å². The zero-order valence-electron chi connectivity index (χ0n) is 12.6. The fraction of sp³-hybridized carbons (Fsp3) is 0.125. The van der Waals surface area contributed by atoms with Crippen molar-refractivity contribution in [3.8, 4) is 5.75 Å². The molecule has 0 saturated carbocycles. The van der Waals surface area contributed by atoms with Gasteiger partial charge in [-0.1, -0.05) is 0 Å². The number of carbonyl (C=O) groups excluding carboxylic acids is 1. The Morgan fingerprint density at radius 2 is 1.78 bits per heavy atom. The lowest BCUT2D eigenvalue weighted by Gasteiger charge is -2.04. The Morgan fingerprint density at radius 3 is 2.35 bits per heavy atom. The van der Waals surface area contributed by atoms with E-state index < -0.39 is 10.8 Å². The third kappa shape index (κ3) is 3.91. The summed E-state index contributed by atoms with van der Waals surface area (Å²) >= 11 is 0. The van der Waals surface area contributed by atoms with E-state index in [0.717, 1.165) is 5.56 Å². The van der Waals surface area contributed by atoms with Crippen molar-refractivity contribution in [2.24, 2.45) is 5.10 Å². The first-order valence-electron chi connectivity index (χ1n) is 6.77. The van der Waals surface area contributed by atoms with Crippen LogP contribution in [-0.4, -0.2) is 21.6 Å². The van der Waals surface area contributed by atoms with Gasteiger partial charge < -0.3 is 5.11 Å². The Bertz CT molecular complexity index is 782. The second-order valence-corrected chi connectivity index (χ2v) is 4.94. The second-order valence-electron chi connectivity index (χ2n) is 4.94. The maximum Gasteiger partial charge on any atom is 0.272 e. The number of hydrazone groups is 1. The van der Waals surface area contributed by atoms with Crippen molar-refractivity contribution < 1.29 is 14.8 Å². The van der Waals surface area contributed by atoms with Crippen molar-refractivity contribution in [1.82, 2.24) is 5.43 Å². The van der Waals surface area contributed by atoms with Crippen molar-refractivity contribution >= 4 is 17.3 Å². The minimum atomic E-state index is -0.496. The number of aryl methyl sites for hydroxylation is 1. The number of benzene rings is 2. The molecule has 0 fully saturated rings. The van der Waals surface area contributed by atoms with Gasteiger partial charge in [0.2, 0.25) is 0 Å². The summed E-state index contributed by atoms with van der Waals surface area (Å²) in [5.74, 6) is -0.312. The molecule has 0 atom stereocenters. The van der Waals surface area contributed by atoms with Crippen LogP contribution in [0.1, 0.15) is 28.4 Å². The molecule has 1 amide bonds. The summed E-state index contributed by atoms with van der Waals surface area (Å²) in [7, 11) is 0. The SMILES string of the molecule is CC(=NNC(=O)c1ccc([N+](=O)[O-])c(C)c1)c1ccc(O)cc1. The van der Waals surface area contributed by atoms with Crippen molar-refractivity contribution in [3.05, 3.63) is 69.3 Å². The zero-order valence-corrected chi connectivity index (χ0v) is 12.6. The van der Waals surface area contributed by atoms with Crippen molar-refractivity contribution in [1.29, 1.82) is 0 Å². The molecule has 2 rings (SSSR count). The van der Waals surface area contributed by atoms with Gasteiger partial charge in [0.25, 0.3) is 11.6 Å². The maximum absolute atomic E-state index is 12.0. The molecule has 0 aromatic heterocycles. The number of rotatable bonds is 4. The number of nitrogens with zero attached hydrogens (tertiary/aromatic N) is 2. The molecule has 0 aliphatic heterocycles. The molecule has 2 N–H and O–H groups in total. The molecule has 0 aliphatic rings. The van der Waals surface area contributed by atoms with Crippen molar-refractivity contribution in [2.75, 3.05) is 0 Å². The lowest BCUT2D eigenvalue weighted by atomic mass is 10.1. The first-order valence-corrected chi connectivity index (χ1v) is 6.77. The summed E-state index contributed by atoms with van der Waals surface area (Å²) in [5, 5.41) is 24.0. The molecule has 0 saturated heterocycles. The number of amides is 1. The number of nitro benzene ring substituents is 1. The van der Waals surface area contributed by atoms with E-state index in [1.807, 2.05) is 0 Å². The predicted octanol–water partition coefficient (Wildman–Crippen LogP) is 2.76. The molecule has 23 heavy (non-hydrogen) atoms. The highest BCUT2D eigenvalue weighted by atomic mass is 16.6. The minimum absolute atomic E-state index is 0.0367. The van der Waals surface area contributed by atoms with E-state index in [1.54, 1.807) is 26.0 Å². The van der Waals surface area contributed by atoms with Gasteiger partial charge in [-0.2, -0.15) is 5.10 Å². The molecule has 0 unspecified atom stereocenters. The highest BCUT2D eigenvalue weighted by molar-refractivity contribution is 6.01. The van der Waals surface area contributed by atoms with Gasteiger partial charge in [-0.3, -0.25) is 14.9 Å². The van der Waals surface area contributed by atoms with E-state index in [0.29, 0.717) is 11.3 Å². The Hall–Kier alpha value is -3.22. The number of nitrogens with one attached hydrogen (secondary N) is 1. The number of carbonyl (C=O) groups is 1. The van der Waals surface area contributed by atoms with Crippen LogP contribution in [-0.2, 0) is 0 Å². The number of phenolic OH excluding ortho intramolecular Hbond substituents is 1. The summed E-state index contributed by atoms with van der Waals surface area (Å²) < 4.78 is 0. The summed E-state index contributed by atoms with van der Waals surface area (Å²) in [6.07, 6.45) is 0. The first-order chi connectivity index (χ1) is 10.9. The molecule has 7 nitrogen and oxygen atoms in total. The second kappa shape index (κ2) is 6.69. The molecule has 0 spiro atoms. The number of phenols is 1. The largest absolute Gasteiger partial charge is 0.508 e. The van der Waals surface area contributed by atoms with Crippen LogP contribution in [0.4, 0.5) is 5.69 Å². The van der Waals surface area contributed by atoms with Gasteiger partial charge in [-0.25, -0.2) is 5.43 Å². The molecule has 7 heteroatoms. The lowest BCUT2D eigenvalue weighted by molar-refractivity contribution is -0.385. The molecule has 118 valence electrons. The van der Waals surface area contributed by atoms with Gasteiger partial charge in [-0.05, 0) is 55.8 Å². The molecule has 2 aromatic rings. The summed E-state index contributed by atoms with van der Waals surface area (Å²) in [6.45, 7) is 3.29. The van der Waals surface area contributed by atoms with E-state index in [4.69, 9.17) is 0 Å². The summed E-state index contributed by atoms with van der Waals surface area (Å²) in [4.78, 5) is 22.3. The number of hydrogen-bond donors (Lipinski definition) is 2. The molecular formula is C16H15N3O4. The lowest BCUT2D eigenvalue weighted by Crippen LogP contribution is -2.19. The molecule has 0 bridgehead atoms. The minimum Gasteiger partial charge on any atom is -0.508 e. The summed E-state index contributed by atoms with van der Waals surface area (Å²) in [5.41, 5.74) is 4.38. The van der Waals surface area contributed by atoms with Gasteiger partial charge in [0.05, 0.1) is 10.6 Å². The third-order valence-electron chi connectivity index (χ3n) is 3.27. The van der Waals surface area contributed by atoms with Crippen molar-refractivity contribution in [2.45, 2.75) is 13.8 Å². The predicted molar refractivity (Wildman–Crippen MR) is 85.6 cm³/mol. The van der Waals surface area contributed by atoms with Crippen molar-refractivity contribution in [3.63, 3.8) is 0 Å². The van der Waals surface area contributed by atoms with E-state index in [-0.39, 0.29) is 17.0 Å². The fourth-order valence-corrected chi connectivity index (χ4v) is 1.97. The Morgan fingerprint density at radius 1 is 1.17 bits per heavy atom. The van der Waals surface area contributed by atoms with Crippen LogP contribution in [0, 0.1) is 17.0 Å². The number of hydrogen-bond acceptors (Lipinski definition) is 5. The highest BCUT2D eigenvalue weighted by Crippen LogP contribution is 2.18. The van der Waals surface area contributed by atoms with E-state index in [9.17, 15) is 20.0 Å². The average Bonchev–Trinajstić information content (AvgIpc) is 2.52. The van der Waals surface area contributed by atoms with Crippen LogP contribution in [0.5, 0.6) is 5.75 Å².